The zero-order valence-electron chi connectivity index (χ0n) is 12.7. The fourth-order valence-electron chi connectivity index (χ4n) is 2.00. The molecule has 1 N–H and O–H groups in total. The average Bonchev–Trinajstić information content (AvgIpc) is 2.46. The smallest absolute Gasteiger partial charge is 0.136 e. The number of benzene rings is 1. The highest BCUT2D eigenvalue weighted by molar-refractivity contribution is 6.30. The number of halogens is 1. The highest BCUT2D eigenvalue weighted by Crippen LogP contribution is 2.20. The molecule has 0 aliphatic carbocycles. The SMILES string of the molecule is CCCCN(C)c1cc(Nc2ccc(Cl)cc2)nc(C)n1. The number of unbranched alkanes of at least 4 members (excludes halogenated alkanes) is 1. The molecule has 0 amide bonds. The first-order chi connectivity index (χ1) is 10.1. The van der Waals surface area contributed by atoms with E-state index >= 15 is 0 Å². The minimum atomic E-state index is 0.722. The second kappa shape index (κ2) is 7.27. The molecule has 2 aromatic rings. The van der Waals surface area contributed by atoms with Gasteiger partial charge in [-0.05, 0) is 37.6 Å². The van der Waals surface area contributed by atoms with Crippen molar-refractivity contribution in [1.82, 2.24) is 9.97 Å². The summed E-state index contributed by atoms with van der Waals surface area (Å²) in [5, 5.41) is 4.01. The van der Waals surface area contributed by atoms with Gasteiger partial charge in [-0.1, -0.05) is 24.9 Å². The van der Waals surface area contributed by atoms with Crippen molar-refractivity contribution in [2.45, 2.75) is 26.7 Å². The molecule has 1 aromatic heterocycles. The summed E-state index contributed by atoms with van der Waals surface area (Å²) in [6, 6.07) is 9.54. The quantitative estimate of drug-likeness (QED) is 0.858. The third kappa shape index (κ3) is 4.60. The van der Waals surface area contributed by atoms with Gasteiger partial charge in [-0.3, -0.25) is 0 Å². The van der Waals surface area contributed by atoms with Crippen LogP contribution in [0.5, 0.6) is 0 Å². The Kier molecular flexibility index (Phi) is 5.39. The Morgan fingerprint density at radius 3 is 2.57 bits per heavy atom. The molecule has 4 nitrogen and oxygen atoms in total. The molecule has 112 valence electrons. The molecule has 2 rings (SSSR count). The van der Waals surface area contributed by atoms with Crippen LogP contribution < -0.4 is 10.2 Å². The molecule has 1 aromatic carbocycles. The van der Waals surface area contributed by atoms with Crippen molar-refractivity contribution in [3.63, 3.8) is 0 Å². The molecule has 0 bridgehead atoms. The molecular weight excluding hydrogens is 284 g/mol. The Bertz CT molecular complexity index is 583. The van der Waals surface area contributed by atoms with E-state index in [4.69, 9.17) is 11.6 Å². The monoisotopic (exact) mass is 304 g/mol. The molecule has 0 unspecified atom stereocenters. The molecule has 1 heterocycles. The summed E-state index contributed by atoms with van der Waals surface area (Å²) in [4.78, 5) is 11.1. The Morgan fingerprint density at radius 2 is 1.90 bits per heavy atom. The Labute approximate surface area is 131 Å². The van der Waals surface area contributed by atoms with Gasteiger partial charge in [0.1, 0.15) is 17.5 Å². The van der Waals surface area contributed by atoms with Crippen molar-refractivity contribution >= 4 is 28.9 Å². The third-order valence-electron chi connectivity index (χ3n) is 3.18. The van der Waals surface area contributed by atoms with Crippen LogP contribution >= 0.6 is 11.6 Å². The minimum absolute atomic E-state index is 0.722. The van der Waals surface area contributed by atoms with E-state index in [1.165, 1.54) is 6.42 Å². The van der Waals surface area contributed by atoms with Gasteiger partial charge in [0.2, 0.25) is 0 Å². The maximum Gasteiger partial charge on any atom is 0.136 e. The number of nitrogens with zero attached hydrogens (tertiary/aromatic N) is 3. The summed E-state index contributed by atoms with van der Waals surface area (Å²) in [6.45, 7) is 5.09. The maximum atomic E-state index is 5.90. The van der Waals surface area contributed by atoms with Crippen LogP contribution in [0.3, 0.4) is 0 Å². The normalized spacial score (nSPS) is 10.5. The molecule has 5 heteroatoms. The van der Waals surface area contributed by atoms with Gasteiger partial charge in [0.25, 0.3) is 0 Å². The zero-order chi connectivity index (χ0) is 15.2. The van der Waals surface area contributed by atoms with Crippen LogP contribution in [-0.2, 0) is 0 Å². The maximum absolute atomic E-state index is 5.90. The van der Waals surface area contributed by atoms with Crippen molar-refractivity contribution in [2.24, 2.45) is 0 Å². The van der Waals surface area contributed by atoms with Gasteiger partial charge in [0.15, 0.2) is 0 Å². The summed E-state index contributed by atoms with van der Waals surface area (Å²) in [5.74, 6) is 2.49. The van der Waals surface area contributed by atoms with E-state index in [2.05, 4.69) is 34.2 Å². The minimum Gasteiger partial charge on any atom is -0.360 e. The topological polar surface area (TPSA) is 41.0 Å². The number of aryl methyl sites for hydroxylation is 1. The fourth-order valence-corrected chi connectivity index (χ4v) is 2.13. The van der Waals surface area contributed by atoms with E-state index < -0.39 is 0 Å². The summed E-state index contributed by atoms with van der Waals surface area (Å²) in [5.41, 5.74) is 0.958. The van der Waals surface area contributed by atoms with Gasteiger partial charge in [-0.2, -0.15) is 0 Å². The zero-order valence-corrected chi connectivity index (χ0v) is 13.5. The molecule has 0 aliphatic heterocycles. The van der Waals surface area contributed by atoms with Crippen LogP contribution in [0, 0.1) is 6.92 Å². The molecule has 0 spiro atoms. The fraction of sp³-hybridized carbons (Fsp3) is 0.375. The van der Waals surface area contributed by atoms with Crippen molar-refractivity contribution < 1.29 is 0 Å². The largest absolute Gasteiger partial charge is 0.360 e. The Hall–Kier alpha value is -1.81. The van der Waals surface area contributed by atoms with E-state index in [1.54, 1.807) is 0 Å². The predicted molar refractivity (Wildman–Crippen MR) is 89.7 cm³/mol. The summed E-state index contributed by atoms with van der Waals surface area (Å²) >= 11 is 5.90. The summed E-state index contributed by atoms with van der Waals surface area (Å²) < 4.78 is 0. The molecular formula is C16H21ClN4. The number of hydrogen-bond donors (Lipinski definition) is 1. The van der Waals surface area contributed by atoms with Crippen molar-refractivity contribution in [3.05, 3.63) is 41.2 Å². The Morgan fingerprint density at radius 1 is 1.19 bits per heavy atom. The second-order valence-electron chi connectivity index (χ2n) is 5.07. The Balaban J connectivity index is 2.16. The van der Waals surface area contributed by atoms with Crippen LogP contribution in [0.25, 0.3) is 0 Å². The molecule has 0 atom stereocenters. The molecule has 0 fully saturated rings. The first-order valence-corrected chi connectivity index (χ1v) is 7.55. The highest BCUT2D eigenvalue weighted by Gasteiger charge is 2.06. The van der Waals surface area contributed by atoms with Gasteiger partial charge in [0.05, 0.1) is 0 Å². The summed E-state index contributed by atoms with van der Waals surface area (Å²) in [7, 11) is 2.06. The van der Waals surface area contributed by atoms with Crippen molar-refractivity contribution in [1.29, 1.82) is 0 Å². The lowest BCUT2D eigenvalue weighted by Crippen LogP contribution is -2.20. The van der Waals surface area contributed by atoms with E-state index in [0.29, 0.717) is 0 Å². The lowest BCUT2D eigenvalue weighted by molar-refractivity contribution is 0.756. The molecule has 21 heavy (non-hydrogen) atoms. The standard InChI is InChI=1S/C16H21ClN4/c1-4-5-10-21(3)16-11-15(18-12(2)19-16)20-14-8-6-13(17)7-9-14/h6-9,11H,4-5,10H2,1-3H3,(H,18,19,20). The van der Waals surface area contributed by atoms with Crippen molar-refractivity contribution in [2.75, 3.05) is 23.8 Å². The first-order valence-electron chi connectivity index (χ1n) is 7.18. The van der Waals surface area contributed by atoms with Gasteiger partial charge < -0.3 is 10.2 Å². The van der Waals surface area contributed by atoms with Crippen LogP contribution in [0.15, 0.2) is 30.3 Å². The third-order valence-corrected chi connectivity index (χ3v) is 3.43. The number of anilines is 3. The van der Waals surface area contributed by atoms with Crippen LogP contribution in [0.4, 0.5) is 17.3 Å². The second-order valence-corrected chi connectivity index (χ2v) is 5.50. The first kappa shape index (κ1) is 15.6. The van der Waals surface area contributed by atoms with E-state index in [0.717, 1.165) is 41.1 Å². The van der Waals surface area contributed by atoms with Crippen LogP contribution in [0.2, 0.25) is 5.02 Å². The summed E-state index contributed by atoms with van der Waals surface area (Å²) in [6.07, 6.45) is 2.32. The highest BCUT2D eigenvalue weighted by atomic mass is 35.5. The van der Waals surface area contributed by atoms with E-state index in [-0.39, 0.29) is 0 Å². The lowest BCUT2D eigenvalue weighted by Gasteiger charge is -2.19. The number of nitrogens with one attached hydrogen (secondary N) is 1. The number of hydrogen-bond acceptors (Lipinski definition) is 4. The van der Waals surface area contributed by atoms with Gasteiger partial charge >= 0.3 is 0 Å². The molecule has 0 radical (unpaired) electrons. The van der Waals surface area contributed by atoms with Gasteiger partial charge in [-0.25, -0.2) is 9.97 Å². The van der Waals surface area contributed by atoms with E-state index in [1.807, 2.05) is 37.3 Å². The lowest BCUT2D eigenvalue weighted by atomic mass is 10.3. The van der Waals surface area contributed by atoms with Gasteiger partial charge in [0, 0.05) is 30.4 Å². The average molecular weight is 305 g/mol. The number of rotatable bonds is 6. The van der Waals surface area contributed by atoms with Crippen LogP contribution in [-0.4, -0.2) is 23.6 Å². The predicted octanol–water partition coefficient (Wildman–Crippen LogP) is 4.42. The molecule has 0 saturated heterocycles. The molecule has 0 aliphatic rings. The molecule has 0 saturated carbocycles. The number of aromatic nitrogens is 2. The van der Waals surface area contributed by atoms with Gasteiger partial charge in [-0.15, -0.1) is 0 Å². The van der Waals surface area contributed by atoms with Crippen LogP contribution in [0.1, 0.15) is 25.6 Å². The van der Waals surface area contributed by atoms with Crippen molar-refractivity contribution in [3.8, 4) is 0 Å². The van der Waals surface area contributed by atoms with E-state index in [9.17, 15) is 0 Å².